The highest BCUT2D eigenvalue weighted by molar-refractivity contribution is 6.29. The first-order chi connectivity index (χ1) is 16.2. The number of aryl methyl sites for hydroxylation is 1. The highest BCUT2D eigenvalue weighted by atomic mass is 35.5. The number of Topliss-reactive ketones (excluding diaryl/α,β-unsaturated/α-hetero) is 1. The molecule has 0 saturated carbocycles. The zero-order valence-electron chi connectivity index (χ0n) is 18.3. The molecule has 4 aromatic rings. The van der Waals surface area contributed by atoms with E-state index in [0.717, 1.165) is 0 Å². The van der Waals surface area contributed by atoms with Crippen LogP contribution in [0.25, 0.3) is 22.9 Å². The van der Waals surface area contributed by atoms with Crippen LogP contribution in [-0.4, -0.2) is 41.4 Å². The summed E-state index contributed by atoms with van der Waals surface area (Å²) in [5.41, 5.74) is -0.116. The molecular formula is C23H20ClF2N5O3. The summed E-state index contributed by atoms with van der Waals surface area (Å²) in [6.07, 6.45) is 1.28. The van der Waals surface area contributed by atoms with E-state index >= 15 is 0 Å². The maximum absolute atomic E-state index is 14.6. The van der Waals surface area contributed by atoms with Gasteiger partial charge in [0.25, 0.3) is 0 Å². The van der Waals surface area contributed by atoms with Crippen molar-refractivity contribution >= 4 is 17.4 Å². The highest BCUT2D eigenvalue weighted by Gasteiger charge is 2.27. The van der Waals surface area contributed by atoms with Crippen LogP contribution in [0, 0.1) is 11.6 Å². The lowest BCUT2D eigenvalue weighted by Gasteiger charge is -2.19. The van der Waals surface area contributed by atoms with Gasteiger partial charge in [0, 0.05) is 11.6 Å². The molecule has 3 aromatic heterocycles. The highest BCUT2D eigenvalue weighted by Crippen LogP contribution is 2.28. The number of carbonyl (C=O) groups is 1. The molecule has 4 rings (SSSR count). The number of carbonyl (C=O) groups excluding carboxylic acids is 1. The predicted octanol–water partition coefficient (Wildman–Crippen LogP) is 4.25. The lowest BCUT2D eigenvalue weighted by molar-refractivity contribution is -0.133. The molecule has 0 bridgehead atoms. The first-order valence-electron chi connectivity index (χ1n) is 10.3. The number of halogens is 3. The van der Waals surface area contributed by atoms with E-state index in [2.05, 4.69) is 20.2 Å². The van der Waals surface area contributed by atoms with Gasteiger partial charge >= 0.3 is 0 Å². The van der Waals surface area contributed by atoms with Gasteiger partial charge in [-0.1, -0.05) is 35.0 Å². The molecule has 0 fully saturated rings. The second-order valence-electron chi connectivity index (χ2n) is 7.98. The summed E-state index contributed by atoms with van der Waals surface area (Å²) in [5, 5.41) is 18.2. The second-order valence-corrected chi connectivity index (χ2v) is 8.34. The summed E-state index contributed by atoms with van der Waals surface area (Å²) >= 11 is 6.01. The van der Waals surface area contributed by atoms with E-state index < -0.39 is 28.2 Å². The van der Waals surface area contributed by atoms with Gasteiger partial charge in [0.15, 0.2) is 22.6 Å². The molecule has 34 heavy (non-hydrogen) atoms. The number of aliphatic hydroxyl groups is 1. The lowest BCUT2D eigenvalue weighted by atomic mass is 9.95. The van der Waals surface area contributed by atoms with E-state index in [1.54, 1.807) is 30.3 Å². The zero-order valence-corrected chi connectivity index (χ0v) is 19.1. The van der Waals surface area contributed by atoms with E-state index in [9.17, 15) is 18.7 Å². The third-order valence-corrected chi connectivity index (χ3v) is 5.72. The molecule has 1 atom stereocenters. The molecule has 1 N–H and O–H groups in total. The first kappa shape index (κ1) is 23.7. The molecule has 1 unspecified atom stereocenters. The molecule has 0 amide bonds. The Labute approximate surface area is 198 Å². The van der Waals surface area contributed by atoms with Crippen molar-refractivity contribution in [2.24, 2.45) is 0 Å². The largest absolute Gasteiger partial charge is 0.382 e. The minimum Gasteiger partial charge on any atom is -0.382 e. The van der Waals surface area contributed by atoms with Crippen LogP contribution in [0.3, 0.4) is 0 Å². The third-order valence-electron chi connectivity index (χ3n) is 5.47. The van der Waals surface area contributed by atoms with Gasteiger partial charge in [-0.15, -0.1) is 0 Å². The van der Waals surface area contributed by atoms with Gasteiger partial charge < -0.3 is 9.63 Å². The quantitative estimate of drug-likeness (QED) is 0.370. The van der Waals surface area contributed by atoms with Crippen LogP contribution in [0.1, 0.15) is 31.5 Å². The predicted molar refractivity (Wildman–Crippen MR) is 119 cm³/mol. The van der Waals surface area contributed by atoms with E-state index in [1.165, 1.54) is 30.9 Å². The first-order valence-corrected chi connectivity index (χ1v) is 10.7. The van der Waals surface area contributed by atoms with E-state index in [-0.39, 0.29) is 36.6 Å². The summed E-state index contributed by atoms with van der Waals surface area (Å²) in [7, 11) is 0. The SMILES string of the molecule is CC(=O)C(C)(O)CCc1nc(-c2cc(-c3ccon3)n(Cc3ccccc3F)n2)nc(Cl)c1F. The molecule has 8 nitrogen and oxygen atoms in total. The Morgan fingerprint density at radius 1 is 1.21 bits per heavy atom. The summed E-state index contributed by atoms with van der Waals surface area (Å²) < 4.78 is 35.3. The topological polar surface area (TPSA) is 107 Å². The molecule has 1 aromatic carbocycles. The Kier molecular flexibility index (Phi) is 6.54. The molecule has 0 radical (unpaired) electrons. The fourth-order valence-corrected chi connectivity index (χ4v) is 3.46. The van der Waals surface area contributed by atoms with Crippen LogP contribution in [0.2, 0.25) is 5.15 Å². The zero-order chi connectivity index (χ0) is 24.5. The molecule has 0 aliphatic rings. The fraction of sp³-hybridized carbons (Fsp3) is 0.261. The van der Waals surface area contributed by atoms with Gasteiger partial charge in [0.1, 0.15) is 29.1 Å². The standard InChI is InChI=1S/C23H20ClF2N5O3/c1-13(32)23(2,33)9-7-17-20(26)21(24)28-22(27-17)18-11-19(16-8-10-34-30-16)31(29-18)12-14-5-3-4-6-15(14)25/h3-6,8,10-11,33H,7,9,12H2,1-2H3. The molecule has 3 heterocycles. The molecular weight excluding hydrogens is 468 g/mol. The van der Waals surface area contributed by atoms with Gasteiger partial charge in [-0.05, 0) is 38.8 Å². The van der Waals surface area contributed by atoms with Gasteiger partial charge in [0.2, 0.25) is 0 Å². The Bertz CT molecular complexity index is 1340. The molecule has 176 valence electrons. The summed E-state index contributed by atoms with van der Waals surface area (Å²) in [4.78, 5) is 19.8. The number of hydrogen-bond acceptors (Lipinski definition) is 7. The number of hydrogen-bond donors (Lipinski definition) is 1. The van der Waals surface area contributed by atoms with Crippen LogP contribution < -0.4 is 0 Å². The molecule has 0 aliphatic heterocycles. The number of ketones is 1. The van der Waals surface area contributed by atoms with Crippen molar-refractivity contribution in [3.8, 4) is 22.9 Å². The minimum absolute atomic E-state index is 0.0286. The number of rotatable bonds is 8. The molecule has 0 spiro atoms. The maximum atomic E-state index is 14.6. The van der Waals surface area contributed by atoms with E-state index in [4.69, 9.17) is 16.1 Å². The van der Waals surface area contributed by atoms with E-state index in [0.29, 0.717) is 17.0 Å². The van der Waals surface area contributed by atoms with Gasteiger partial charge in [-0.25, -0.2) is 18.7 Å². The van der Waals surface area contributed by atoms with Crippen molar-refractivity contribution in [2.75, 3.05) is 0 Å². The van der Waals surface area contributed by atoms with Crippen molar-refractivity contribution in [2.45, 2.75) is 38.8 Å². The Morgan fingerprint density at radius 3 is 2.65 bits per heavy atom. The van der Waals surface area contributed by atoms with Crippen LogP contribution >= 0.6 is 11.6 Å². The Balaban J connectivity index is 1.73. The number of benzene rings is 1. The Morgan fingerprint density at radius 2 is 1.97 bits per heavy atom. The normalized spacial score (nSPS) is 13.1. The van der Waals surface area contributed by atoms with Crippen LogP contribution in [0.5, 0.6) is 0 Å². The monoisotopic (exact) mass is 487 g/mol. The second kappa shape index (κ2) is 9.40. The van der Waals surface area contributed by atoms with Crippen LogP contribution in [-0.2, 0) is 17.8 Å². The number of aromatic nitrogens is 5. The molecule has 11 heteroatoms. The number of nitrogens with zero attached hydrogens (tertiary/aromatic N) is 5. The Hall–Kier alpha value is -3.50. The summed E-state index contributed by atoms with van der Waals surface area (Å²) in [6, 6.07) is 9.51. The van der Waals surface area contributed by atoms with Crippen molar-refractivity contribution in [3.63, 3.8) is 0 Å². The molecule has 0 aliphatic carbocycles. The fourth-order valence-electron chi connectivity index (χ4n) is 3.27. The van der Waals surface area contributed by atoms with Crippen molar-refractivity contribution < 1.29 is 23.2 Å². The van der Waals surface area contributed by atoms with Crippen molar-refractivity contribution in [1.29, 1.82) is 0 Å². The van der Waals surface area contributed by atoms with Gasteiger partial charge in [-0.3, -0.25) is 9.48 Å². The van der Waals surface area contributed by atoms with Crippen molar-refractivity contribution in [1.82, 2.24) is 24.9 Å². The maximum Gasteiger partial charge on any atom is 0.181 e. The van der Waals surface area contributed by atoms with Gasteiger partial charge in [-0.2, -0.15) is 5.10 Å². The third kappa shape index (κ3) is 4.87. The van der Waals surface area contributed by atoms with Gasteiger partial charge in [0.05, 0.1) is 17.9 Å². The smallest absolute Gasteiger partial charge is 0.181 e. The minimum atomic E-state index is -1.63. The summed E-state index contributed by atoms with van der Waals surface area (Å²) in [5.74, 6) is -1.66. The average molecular weight is 488 g/mol. The van der Waals surface area contributed by atoms with E-state index in [1.807, 2.05) is 0 Å². The molecule has 0 saturated heterocycles. The average Bonchev–Trinajstić information content (AvgIpc) is 3.46. The van der Waals surface area contributed by atoms with Crippen LogP contribution in [0.4, 0.5) is 8.78 Å². The van der Waals surface area contributed by atoms with Crippen molar-refractivity contribution in [3.05, 3.63) is 70.7 Å². The summed E-state index contributed by atoms with van der Waals surface area (Å²) in [6.45, 7) is 2.69. The van der Waals surface area contributed by atoms with Crippen LogP contribution in [0.15, 0.2) is 47.2 Å². The lowest BCUT2D eigenvalue weighted by Crippen LogP contribution is -2.33.